The number of thiophene rings is 2. The number of nitrogens with zero attached hydrogens (tertiary/aromatic N) is 4. The van der Waals surface area contributed by atoms with Crippen LogP contribution in [0.25, 0.3) is 32.0 Å². The van der Waals surface area contributed by atoms with Gasteiger partial charge in [-0.05, 0) is 22.9 Å². The van der Waals surface area contributed by atoms with Crippen LogP contribution in [0.15, 0.2) is 35.0 Å². The van der Waals surface area contributed by atoms with Crippen LogP contribution in [0.3, 0.4) is 0 Å². The Morgan fingerprint density at radius 3 is 1.15 bits per heavy atom. The zero-order valence-electron chi connectivity index (χ0n) is 16.3. The van der Waals surface area contributed by atoms with Crippen LogP contribution in [-0.2, 0) is 12.4 Å². The zero-order valence-corrected chi connectivity index (χ0v) is 18.0. The first-order valence-electron chi connectivity index (χ1n) is 8.82. The molecule has 0 aliphatic rings. The van der Waals surface area contributed by atoms with E-state index in [9.17, 15) is 47.4 Å². The summed E-state index contributed by atoms with van der Waals surface area (Å²) >= 11 is 1.29. The third kappa shape index (κ3) is 4.13. The van der Waals surface area contributed by atoms with Crippen LogP contribution in [0, 0.1) is 45.3 Å². The molecule has 2 aromatic heterocycles. The Morgan fingerprint density at radius 2 is 0.941 bits per heavy atom. The van der Waals surface area contributed by atoms with Gasteiger partial charge in [-0.25, -0.2) is 0 Å². The van der Waals surface area contributed by atoms with Crippen molar-refractivity contribution in [3.05, 3.63) is 56.6 Å². The molecule has 168 valence electrons. The number of benzene rings is 1. The lowest BCUT2D eigenvalue weighted by atomic mass is 9.86. The van der Waals surface area contributed by atoms with E-state index in [1.54, 1.807) is 0 Å². The first kappa shape index (κ1) is 24.5. The van der Waals surface area contributed by atoms with Gasteiger partial charge in [0.05, 0.1) is 11.1 Å². The van der Waals surface area contributed by atoms with Crippen molar-refractivity contribution in [1.29, 1.82) is 21.0 Å². The molecule has 0 N–H and O–H groups in total. The molecule has 0 aliphatic carbocycles. The van der Waals surface area contributed by atoms with E-state index >= 15 is 0 Å². The summed E-state index contributed by atoms with van der Waals surface area (Å²) in [5.74, 6) is 0. The molecule has 0 bridgehead atoms. The zero-order chi connectivity index (χ0) is 25.3. The second kappa shape index (κ2) is 9.03. The van der Waals surface area contributed by atoms with Gasteiger partial charge < -0.3 is 0 Å². The highest BCUT2D eigenvalue weighted by molar-refractivity contribution is 7.14. The number of rotatable bonds is 2. The second-order valence-corrected chi connectivity index (χ2v) is 8.29. The summed E-state index contributed by atoms with van der Waals surface area (Å²) in [6.07, 6.45) is -10.7. The second-order valence-electron chi connectivity index (χ2n) is 6.40. The van der Waals surface area contributed by atoms with Gasteiger partial charge in [-0.1, -0.05) is 12.1 Å². The van der Waals surface area contributed by atoms with Crippen LogP contribution < -0.4 is 10.4 Å². The van der Waals surface area contributed by atoms with Crippen LogP contribution in [0.4, 0.5) is 26.3 Å². The van der Waals surface area contributed by atoms with E-state index in [1.807, 2.05) is 0 Å². The molecule has 4 nitrogen and oxygen atoms in total. The van der Waals surface area contributed by atoms with Crippen LogP contribution in [-0.4, -0.2) is 0 Å². The van der Waals surface area contributed by atoms with Gasteiger partial charge in [-0.15, -0.1) is 22.7 Å². The maximum absolute atomic E-state index is 14.6. The van der Waals surface area contributed by atoms with Crippen molar-refractivity contribution in [3.63, 3.8) is 0 Å². The highest BCUT2D eigenvalue weighted by Gasteiger charge is 2.45. The topological polar surface area (TPSA) is 95.2 Å². The van der Waals surface area contributed by atoms with Gasteiger partial charge in [0, 0.05) is 31.3 Å². The van der Waals surface area contributed by atoms with E-state index in [-0.39, 0.29) is 9.75 Å². The Kier molecular flexibility index (Phi) is 6.52. The molecule has 3 rings (SSSR count). The monoisotopic (exact) mass is 504 g/mol. The predicted octanol–water partition coefficient (Wildman–Crippen LogP) is 5.58. The molecular formula is C22H6F6N4S2. The minimum absolute atomic E-state index is 0.329. The lowest BCUT2D eigenvalue weighted by Crippen LogP contribution is -2.36. The van der Waals surface area contributed by atoms with Crippen molar-refractivity contribution in [2.45, 2.75) is 12.4 Å². The van der Waals surface area contributed by atoms with Crippen molar-refractivity contribution < 1.29 is 26.3 Å². The minimum Gasteiger partial charge on any atom is -0.192 e. The van der Waals surface area contributed by atoms with Crippen molar-refractivity contribution in [3.8, 4) is 45.2 Å². The molecule has 0 aliphatic heterocycles. The van der Waals surface area contributed by atoms with Gasteiger partial charge in [0.1, 0.15) is 35.4 Å². The number of nitriles is 4. The lowest BCUT2D eigenvalue weighted by Gasteiger charge is -2.22. The average molecular weight is 504 g/mol. The highest BCUT2D eigenvalue weighted by atomic mass is 32.1. The third-order valence-electron chi connectivity index (χ3n) is 4.55. The van der Waals surface area contributed by atoms with E-state index in [1.165, 1.54) is 47.2 Å². The van der Waals surface area contributed by atoms with Gasteiger partial charge in [0.15, 0.2) is 0 Å². The van der Waals surface area contributed by atoms with Crippen LogP contribution in [0.5, 0.6) is 0 Å². The number of hydrogen-bond donors (Lipinski definition) is 0. The van der Waals surface area contributed by atoms with Gasteiger partial charge in [0.25, 0.3) is 0 Å². The summed E-state index contributed by atoms with van der Waals surface area (Å²) in [5.41, 5.74) is -7.98. The molecular weight excluding hydrogens is 498 g/mol. The Hall–Kier alpha value is -4.10. The molecule has 0 radical (unpaired) electrons. The summed E-state index contributed by atoms with van der Waals surface area (Å²) in [6.45, 7) is 0. The smallest absolute Gasteiger partial charge is 0.192 e. The molecule has 0 atom stereocenters. The summed E-state index contributed by atoms with van der Waals surface area (Å²) in [6, 6.07) is 9.83. The van der Waals surface area contributed by atoms with Crippen LogP contribution >= 0.6 is 22.7 Å². The Morgan fingerprint density at radius 1 is 0.618 bits per heavy atom. The van der Waals surface area contributed by atoms with Gasteiger partial charge in [0.2, 0.25) is 0 Å². The SMILES string of the molecule is N#CC(C#N)=c1c(-c2cccs2)c(C(F)(F)F)c(=C(C#N)C#N)c(-c2cccs2)c1C(F)(F)F. The van der Waals surface area contributed by atoms with E-state index in [0.717, 1.165) is 12.1 Å². The molecule has 0 unspecified atom stereocenters. The molecule has 0 saturated carbocycles. The summed E-state index contributed by atoms with van der Waals surface area (Å²) in [4.78, 5) is -0.657. The summed E-state index contributed by atoms with van der Waals surface area (Å²) in [7, 11) is 0. The first-order valence-corrected chi connectivity index (χ1v) is 10.6. The molecule has 0 saturated heterocycles. The summed E-state index contributed by atoms with van der Waals surface area (Å²) < 4.78 is 87.3. The Balaban J connectivity index is 3.05. The standard InChI is InChI=1S/C22H6F6N4S2/c23-21(24,25)19-16(12(9-31)10-32)18(14-4-2-6-34-14)20(22(26,27)28)15(11(7-29)8-30)17(19)13-3-1-5-33-13/h1-6H. The van der Waals surface area contributed by atoms with E-state index in [0.29, 0.717) is 22.7 Å². The largest absolute Gasteiger partial charge is 0.417 e. The molecule has 0 amide bonds. The van der Waals surface area contributed by atoms with Gasteiger partial charge in [-0.3, -0.25) is 0 Å². The van der Waals surface area contributed by atoms with E-state index < -0.39 is 56.2 Å². The van der Waals surface area contributed by atoms with Crippen LogP contribution in [0.1, 0.15) is 11.1 Å². The maximum Gasteiger partial charge on any atom is 0.417 e. The molecule has 2 heterocycles. The fourth-order valence-corrected chi connectivity index (χ4v) is 4.99. The minimum atomic E-state index is -5.37. The molecule has 34 heavy (non-hydrogen) atoms. The fourth-order valence-electron chi connectivity index (χ4n) is 3.42. The van der Waals surface area contributed by atoms with E-state index in [4.69, 9.17) is 0 Å². The quantitative estimate of drug-likeness (QED) is 0.426. The normalized spacial score (nSPS) is 11.1. The Labute approximate surface area is 195 Å². The molecule has 3 aromatic rings. The number of hydrogen-bond acceptors (Lipinski definition) is 6. The molecule has 0 fully saturated rings. The fraction of sp³-hybridized carbons (Fsp3) is 0.0909. The van der Waals surface area contributed by atoms with Crippen LogP contribution in [0.2, 0.25) is 0 Å². The van der Waals surface area contributed by atoms with Gasteiger partial charge >= 0.3 is 12.4 Å². The molecule has 0 spiro atoms. The molecule has 1 aromatic carbocycles. The molecule has 12 heteroatoms. The number of alkyl halides is 6. The summed E-state index contributed by atoms with van der Waals surface area (Å²) in [5, 5.41) is 37.8. The predicted molar refractivity (Wildman–Crippen MR) is 112 cm³/mol. The average Bonchev–Trinajstić information content (AvgIpc) is 3.48. The van der Waals surface area contributed by atoms with Crippen molar-refractivity contribution >= 4 is 33.8 Å². The van der Waals surface area contributed by atoms with Crippen molar-refractivity contribution in [2.75, 3.05) is 0 Å². The maximum atomic E-state index is 14.6. The third-order valence-corrected chi connectivity index (χ3v) is 6.32. The number of halogens is 6. The van der Waals surface area contributed by atoms with Gasteiger partial charge in [-0.2, -0.15) is 47.4 Å². The van der Waals surface area contributed by atoms with E-state index in [2.05, 4.69) is 0 Å². The highest BCUT2D eigenvalue weighted by Crippen LogP contribution is 2.42. The first-order chi connectivity index (χ1) is 16.0. The Bertz CT molecular complexity index is 1400. The van der Waals surface area contributed by atoms with Crippen molar-refractivity contribution in [2.24, 2.45) is 0 Å². The lowest BCUT2D eigenvalue weighted by molar-refractivity contribution is -0.141. The van der Waals surface area contributed by atoms with Crippen molar-refractivity contribution in [1.82, 2.24) is 0 Å².